The van der Waals surface area contributed by atoms with Gasteiger partial charge in [-0.3, -0.25) is 9.69 Å². The van der Waals surface area contributed by atoms with Crippen molar-refractivity contribution >= 4 is 23.2 Å². The molecule has 2 atom stereocenters. The van der Waals surface area contributed by atoms with Gasteiger partial charge in [-0.15, -0.1) is 0 Å². The number of piperazine rings is 1. The molecular formula is C24H27ClN6O. The number of carbonyl (C=O) groups is 1. The van der Waals surface area contributed by atoms with E-state index in [0.717, 1.165) is 59.1 Å². The van der Waals surface area contributed by atoms with Gasteiger partial charge in [-0.1, -0.05) is 29.8 Å². The zero-order valence-electron chi connectivity index (χ0n) is 18.7. The maximum Gasteiger partial charge on any atom is 0.254 e. The first-order chi connectivity index (χ1) is 15.4. The van der Waals surface area contributed by atoms with E-state index in [0.29, 0.717) is 30.2 Å². The molecule has 2 fully saturated rings. The minimum absolute atomic E-state index is 0.0700. The number of aryl methyl sites for hydroxylation is 2. The van der Waals surface area contributed by atoms with Gasteiger partial charge < -0.3 is 9.80 Å². The summed E-state index contributed by atoms with van der Waals surface area (Å²) in [6.45, 7) is 7.93. The van der Waals surface area contributed by atoms with Crippen LogP contribution in [0.2, 0.25) is 5.02 Å². The van der Waals surface area contributed by atoms with Gasteiger partial charge in [0.05, 0.1) is 35.2 Å². The van der Waals surface area contributed by atoms with Crippen LogP contribution in [0.15, 0.2) is 24.3 Å². The van der Waals surface area contributed by atoms with Crippen molar-refractivity contribution in [1.82, 2.24) is 29.3 Å². The van der Waals surface area contributed by atoms with Crippen molar-refractivity contribution in [3.05, 3.63) is 63.1 Å². The minimum atomic E-state index is 0.0700. The van der Waals surface area contributed by atoms with E-state index in [1.165, 1.54) is 6.42 Å². The molecule has 0 saturated carbocycles. The van der Waals surface area contributed by atoms with Gasteiger partial charge in [0.15, 0.2) is 5.65 Å². The third kappa shape index (κ3) is 2.99. The van der Waals surface area contributed by atoms with Gasteiger partial charge in [-0.25, -0.2) is 9.50 Å². The van der Waals surface area contributed by atoms with E-state index in [1.54, 1.807) is 0 Å². The molecule has 7 nitrogen and oxygen atoms in total. The van der Waals surface area contributed by atoms with Crippen molar-refractivity contribution in [2.45, 2.75) is 52.0 Å². The van der Waals surface area contributed by atoms with Crippen LogP contribution in [0.1, 0.15) is 45.0 Å². The highest BCUT2D eigenvalue weighted by molar-refractivity contribution is 6.31. The van der Waals surface area contributed by atoms with E-state index in [2.05, 4.69) is 27.9 Å². The summed E-state index contributed by atoms with van der Waals surface area (Å²) in [4.78, 5) is 25.1. The number of halogens is 1. The second-order valence-electron chi connectivity index (χ2n) is 9.49. The van der Waals surface area contributed by atoms with Crippen LogP contribution in [0.5, 0.6) is 0 Å². The van der Waals surface area contributed by atoms with Crippen molar-refractivity contribution in [2.24, 2.45) is 0 Å². The number of rotatable bonds is 3. The maximum atomic E-state index is 13.6. The molecule has 1 amide bonds. The maximum absolute atomic E-state index is 13.6. The van der Waals surface area contributed by atoms with Gasteiger partial charge in [-0.05, 0) is 38.9 Å². The Hall–Kier alpha value is -2.48. The van der Waals surface area contributed by atoms with Crippen LogP contribution in [0, 0.1) is 13.8 Å². The molecule has 2 bridgehead atoms. The topological polar surface area (TPSA) is 57.0 Å². The number of aromatic nitrogens is 3. The summed E-state index contributed by atoms with van der Waals surface area (Å²) in [6.07, 6.45) is 1.24. The van der Waals surface area contributed by atoms with Gasteiger partial charge in [-0.2, -0.15) is 5.10 Å². The molecule has 1 aromatic carbocycles. The zero-order chi connectivity index (χ0) is 22.1. The Morgan fingerprint density at radius 1 is 1.16 bits per heavy atom. The number of benzene rings is 1. The van der Waals surface area contributed by atoms with Crippen molar-refractivity contribution in [2.75, 3.05) is 20.1 Å². The van der Waals surface area contributed by atoms with Crippen molar-refractivity contribution in [3.63, 3.8) is 0 Å². The van der Waals surface area contributed by atoms with Crippen LogP contribution in [-0.4, -0.2) is 67.4 Å². The Kier molecular flexibility index (Phi) is 4.58. The summed E-state index contributed by atoms with van der Waals surface area (Å²) < 4.78 is 1.81. The first kappa shape index (κ1) is 20.1. The normalized spacial score (nSPS) is 22.9. The Labute approximate surface area is 192 Å². The van der Waals surface area contributed by atoms with Gasteiger partial charge in [0.2, 0.25) is 0 Å². The van der Waals surface area contributed by atoms with Crippen LogP contribution in [0.4, 0.5) is 0 Å². The number of hydrogen-bond donors (Lipinski definition) is 0. The summed E-state index contributed by atoms with van der Waals surface area (Å²) in [5.41, 5.74) is 6.33. The highest BCUT2D eigenvalue weighted by atomic mass is 35.5. The minimum Gasteiger partial charge on any atom is -0.328 e. The van der Waals surface area contributed by atoms with Gasteiger partial charge in [0.1, 0.15) is 0 Å². The van der Waals surface area contributed by atoms with E-state index < -0.39 is 0 Å². The Morgan fingerprint density at radius 2 is 1.97 bits per heavy atom. The fourth-order valence-electron chi connectivity index (χ4n) is 5.65. The lowest BCUT2D eigenvalue weighted by molar-refractivity contribution is 0.0746. The molecule has 0 aliphatic carbocycles. The van der Waals surface area contributed by atoms with Crippen LogP contribution in [0.25, 0.3) is 5.65 Å². The summed E-state index contributed by atoms with van der Waals surface area (Å²) in [5, 5.41) is 5.36. The average Bonchev–Trinajstić information content (AvgIpc) is 3.53. The predicted molar refractivity (Wildman–Crippen MR) is 123 cm³/mol. The van der Waals surface area contributed by atoms with Crippen LogP contribution in [-0.2, 0) is 19.6 Å². The molecule has 0 radical (unpaired) electrons. The summed E-state index contributed by atoms with van der Waals surface area (Å²) in [6, 6.07) is 9.32. The van der Waals surface area contributed by atoms with E-state index in [1.807, 2.05) is 41.5 Å². The Morgan fingerprint density at radius 3 is 2.72 bits per heavy atom. The average molecular weight is 451 g/mol. The van der Waals surface area contributed by atoms with Crippen molar-refractivity contribution in [1.29, 1.82) is 0 Å². The molecule has 2 aromatic heterocycles. The number of amides is 1. The standard InChI is InChI=1S/C24H27ClN6O/c1-14-22(25)15(2)31-23(26-14)20-12-30(13-21(20)27-31)24(32)19-7-5-4-6-16(19)9-29-11-17-8-18(29)10-28(17)3/h4-7,17-18H,8-13H2,1-3H3/t17-,18-/m1/s1. The van der Waals surface area contributed by atoms with Crippen LogP contribution < -0.4 is 0 Å². The second-order valence-corrected chi connectivity index (χ2v) is 9.87. The molecule has 3 aliphatic rings. The molecule has 166 valence electrons. The van der Waals surface area contributed by atoms with Gasteiger partial charge >= 0.3 is 0 Å². The molecular weight excluding hydrogens is 424 g/mol. The van der Waals surface area contributed by atoms with E-state index in [4.69, 9.17) is 16.7 Å². The fourth-order valence-corrected chi connectivity index (χ4v) is 5.78. The third-order valence-corrected chi connectivity index (χ3v) is 8.04. The third-order valence-electron chi connectivity index (χ3n) is 7.49. The Balaban J connectivity index is 1.25. The lowest BCUT2D eigenvalue weighted by atomic mass is 10.1. The lowest BCUT2D eigenvalue weighted by Crippen LogP contribution is -2.44. The highest BCUT2D eigenvalue weighted by Gasteiger charge is 2.41. The quantitative estimate of drug-likeness (QED) is 0.614. The molecule has 8 heteroatoms. The SMILES string of the molecule is Cc1nc2c3c(nn2c(C)c1Cl)CN(C(=O)c1ccccc1CN1C[C@H]2C[C@@H]1CN2C)C3. The molecule has 2 saturated heterocycles. The molecule has 3 aliphatic heterocycles. The smallest absolute Gasteiger partial charge is 0.254 e. The largest absolute Gasteiger partial charge is 0.328 e. The van der Waals surface area contributed by atoms with E-state index in [-0.39, 0.29) is 5.91 Å². The first-order valence-corrected chi connectivity index (χ1v) is 11.6. The van der Waals surface area contributed by atoms with Crippen molar-refractivity contribution in [3.8, 4) is 0 Å². The molecule has 6 rings (SSSR count). The monoisotopic (exact) mass is 450 g/mol. The molecule has 32 heavy (non-hydrogen) atoms. The van der Waals surface area contributed by atoms with E-state index in [9.17, 15) is 4.79 Å². The molecule has 0 unspecified atom stereocenters. The lowest BCUT2D eigenvalue weighted by Gasteiger charge is -2.32. The van der Waals surface area contributed by atoms with E-state index >= 15 is 0 Å². The number of likely N-dealkylation sites (N-methyl/N-ethyl adjacent to an activating group) is 1. The van der Waals surface area contributed by atoms with Crippen molar-refractivity contribution < 1.29 is 4.79 Å². The molecule has 0 N–H and O–H groups in total. The number of carbonyl (C=O) groups excluding carboxylic acids is 1. The number of likely N-dealkylation sites (tertiary alicyclic amines) is 2. The fraction of sp³-hybridized carbons (Fsp3) is 0.458. The van der Waals surface area contributed by atoms with Crippen LogP contribution >= 0.6 is 11.6 Å². The summed E-state index contributed by atoms with van der Waals surface area (Å²) >= 11 is 6.36. The first-order valence-electron chi connectivity index (χ1n) is 11.3. The summed E-state index contributed by atoms with van der Waals surface area (Å²) in [7, 11) is 2.21. The molecule has 0 spiro atoms. The number of fused-ring (bicyclic) bond motifs is 5. The van der Waals surface area contributed by atoms with Gasteiger partial charge in [0.25, 0.3) is 5.91 Å². The predicted octanol–water partition coefficient (Wildman–Crippen LogP) is 3.04. The number of hydrogen-bond acceptors (Lipinski definition) is 5. The number of nitrogens with zero attached hydrogens (tertiary/aromatic N) is 6. The second kappa shape index (κ2) is 7.27. The van der Waals surface area contributed by atoms with Gasteiger partial charge in [0, 0.05) is 42.8 Å². The zero-order valence-corrected chi connectivity index (χ0v) is 19.4. The summed E-state index contributed by atoms with van der Waals surface area (Å²) in [5.74, 6) is 0.0700. The van der Waals surface area contributed by atoms with Crippen LogP contribution in [0.3, 0.4) is 0 Å². The highest BCUT2D eigenvalue weighted by Crippen LogP contribution is 2.33. The molecule has 3 aromatic rings. The molecule has 5 heterocycles. The Bertz CT molecular complexity index is 1250.